The number of carbonyl (C=O) groups is 2. The van der Waals surface area contributed by atoms with Crippen LogP contribution in [0, 0.1) is 28.4 Å². The average Bonchev–Trinajstić information content (AvgIpc) is 3.40. The maximum absolute atomic E-state index is 16.0. The van der Waals surface area contributed by atoms with Crippen LogP contribution in [0.1, 0.15) is 54.6 Å². The Morgan fingerprint density at radius 1 is 1.16 bits per heavy atom. The maximum Gasteiger partial charge on any atom is 0.248 e. The summed E-state index contributed by atoms with van der Waals surface area (Å²) in [5, 5.41) is 11.0. The van der Waals surface area contributed by atoms with Gasteiger partial charge in [0.15, 0.2) is 0 Å². The highest BCUT2D eigenvalue weighted by atomic mass is 35.5. The number of benzene rings is 3. The Morgan fingerprint density at radius 2 is 1.88 bits per heavy atom. The van der Waals surface area contributed by atoms with Gasteiger partial charge < -0.3 is 10.5 Å². The fraction of sp³-hybridized carbons (Fsp3) is 0.344. The number of nitrogens with zero attached hydrogens (tertiary/aromatic N) is 3. The number of fused-ring (bicyclic) bond motifs is 1. The van der Waals surface area contributed by atoms with E-state index in [1.807, 2.05) is 25.7 Å². The van der Waals surface area contributed by atoms with Crippen LogP contribution in [0.4, 0.5) is 14.5 Å². The number of carbonyl (C=O) groups excluding carboxylic acids is 2. The molecule has 0 radical (unpaired) electrons. The highest BCUT2D eigenvalue weighted by molar-refractivity contribution is 6.31. The molecule has 2 saturated heterocycles. The van der Waals surface area contributed by atoms with Gasteiger partial charge >= 0.3 is 0 Å². The van der Waals surface area contributed by atoms with Crippen LogP contribution in [0.5, 0.6) is 5.75 Å². The Morgan fingerprint density at radius 3 is 2.49 bits per heavy atom. The van der Waals surface area contributed by atoms with E-state index in [0.29, 0.717) is 12.1 Å². The summed E-state index contributed by atoms with van der Waals surface area (Å²) in [5.74, 6) is -3.54. The lowest BCUT2D eigenvalue weighted by Crippen LogP contribution is -2.48. The first-order valence-corrected chi connectivity index (χ1v) is 14.4. The molecule has 0 unspecified atom stereocenters. The molecule has 2 N–H and O–H groups in total. The van der Waals surface area contributed by atoms with E-state index >= 15 is 8.78 Å². The van der Waals surface area contributed by atoms with E-state index in [1.54, 1.807) is 12.1 Å². The molecule has 3 aromatic carbocycles. The summed E-state index contributed by atoms with van der Waals surface area (Å²) in [7, 11) is 1.40. The van der Waals surface area contributed by atoms with Crippen molar-refractivity contribution in [1.82, 2.24) is 4.90 Å². The normalized spacial score (nSPS) is 23.7. The first-order chi connectivity index (χ1) is 20.2. The lowest BCUT2D eigenvalue weighted by atomic mass is 9.62. The molecule has 4 atom stereocenters. The van der Waals surface area contributed by atoms with Gasteiger partial charge in [0.25, 0.3) is 0 Å². The molecule has 0 saturated carbocycles. The molecular weight excluding hydrogens is 597 g/mol. The number of methoxy groups -OCH3 is 1. The fourth-order valence-electron chi connectivity index (χ4n) is 6.63. The van der Waals surface area contributed by atoms with Gasteiger partial charge in [0.2, 0.25) is 11.8 Å². The Labute approximate surface area is 258 Å². The third-order valence-electron chi connectivity index (χ3n) is 8.35. The van der Waals surface area contributed by atoms with Gasteiger partial charge in [-0.1, -0.05) is 62.2 Å². The van der Waals surface area contributed by atoms with E-state index in [9.17, 15) is 14.9 Å². The molecule has 2 amide bonds. The zero-order valence-corrected chi connectivity index (χ0v) is 25.5. The number of primary amides is 1. The zero-order valence-electron chi connectivity index (χ0n) is 24.0. The summed E-state index contributed by atoms with van der Waals surface area (Å²) in [5.41, 5.74) is 3.97. The van der Waals surface area contributed by atoms with Gasteiger partial charge in [-0.2, -0.15) is 5.26 Å². The van der Waals surface area contributed by atoms with E-state index < -0.39 is 46.9 Å². The predicted molar refractivity (Wildman–Crippen MR) is 160 cm³/mol. The molecule has 0 spiro atoms. The van der Waals surface area contributed by atoms with E-state index in [-0.39, 0.29) is 44.6 Å². The van der Waals surface area contributed by atoms with Crippen LogP contribution in [0.2, 0.25) is 10.0 Å². The highest BCUT2D eigenvalue weighted by Gasteiger charge is 2.67. The second-order valence-corrected chi connectivity index (χ2v) is 13.0. The van der Waals surface area contributed by atoms with Gasteiger partial charge in [0.1, 0.15) is 28.8 Å². The molecule has 0 aromatic heterocycles. The van der Waals surface area contributed by atoms with Crippen LogP contribution >= 0.6 is 23.2 Å². The number of nitrogens with two attached hydrogens (primary N) is 1. The summed E-state index contributed by atoms with van der Waals surface area (Å²) in [6, 6.07) is 13.5. The lowest BCUT2D eigenvalue weighted by molar-refractivity contribution is -0.119. The first-order valence-electron chi connectivity index (χ1n) is 13.6. The largest absolute Gasteiger partial charge is 0.495 e. The SMILES string of the molecule is COc1cc(C(N)=O)ccc1N1CN2[C@@H](CC(C)(C)C)[C@](C#N)(c3ccc(Cl)cc3F)[C@@H](c3cccc(Cl)c3F)[C@@H]2C1=O. The molecule has 5 rings (SSSR count). The Kier molecular flexibility index (Phi) is 7.93. The lowest BCUT2D eigenvalue weighted by Gasteiger charge is -2.40. The average molecular weight is 628 g/mol. The molecule has 2 heterocycles. The van der Waals surface area contributed by atoms with Crippen molar-refractivity contribution in [2.75, 3.05) is 18.7 Å². The van der Waals surface area contributed by atoms with Crippen LogP contribution in [-0.2, 0) is 10.2 Å². The molecule has 11 heteroatoms. The van der Waals surface area contributed by atoms with Gasteiger partial charge in [0, 0.05) is 28.1 Å². The fourth-order valence-corrected chi connectivity index (χ4v) is 6.97. The van der Waals surface area contributed by atoms with Crippen molar-refractivity contribution >= 4 is 40.7 Å². The number of amides is 2. The van der Waals surface area contributed by atoms with Crippen molar-refractivity contribution in [3.8, 4) is 11.8 Å². The molecule has 2 aliphatic heterocycles. The minimum Gasteiger partial charge on any atom is -0.495 e. The van der Waals surface area contributed by atoms with Gasteiger partial charge in [0.05, 0.1) is 30.6 Å². The van der Waals surface area contributed by atoms with Gasteiger partial charge in [-0.3, -0.25) is 19.4 Å². The molecule has 43 heavy (non-hydrogen) atoms. The smallest absolute Gasteiger partial charge is 0.248 e. The number of hydrogen-bond acceptors (Lipinski definition) is 5. The summed E-state index contributed by atoms with van der Waals surface area (Å²) < 4.78 is 37.4. The predicted octanol–water partition coefficient (Wildman–Crippen LogP) is 6.42. The summed E-state index contributed by atoms with van der Waals surface area (Å²) >= 11 is 12.3. The van der Waals surface area contributed by atoms with E-state index in [0.717, 1.165) is 6.07 Å². The summed E-state index contributed by atoms with van der Waals surface area (Å²) in [4.78, 5) is 29.6. The molecule has 2 fully saturated rings. The van der Waals surface area contributed by atoms with Crippen molar-refractivity contribution in [3.05, 3.63) is 93.0 Å². The van der Waals surface area contributed by atoms with Crippen LogP contribution in [0.15, 0.2) is 54.6 Å². The van der Waals surface area contributed by atoms with Gasteiger partial charge in [-0.25, -0.2) is 8.78 Å². The number of nitriles is 1. The number of anilines is 1. The molecule has 3 aromatic rings. The second kappa shape index (κ2) is 11.1. The Balaban J connectivity index is 1.78. The standard InChI is InChI=1S/C32H30Cl2F2N4O3/c1-31(2,3)14-25-32(15-37,20-10-9-18(33)13-22(20)35)26(19-6-5-7-21(34)27(19)36)28-30(42)39(16-40(25)28)23-11-8-17(29(38)41)12-24(23)43-4/h5-13,25-26,28H,14,16H2,1-4H3,(H2,38,41)/t25-,26-,28+,32-/m0/s1. The third-order valence-corrected chi connectivity index (χ3v) is 8.88. The minimum absolute atomic E-state index is 0.00610. The molecular formula is C32H30Cl2F2N4O3. The number of halogens is 4. The van der Waals surface area contributed by atoms with Crippen molar-refractivity contribution < 1.29 is 23.1 Å². The Bertz CT molecular complexity index is 1670. The zero-order chi connectivity index (χ0) is 31.4. The van der Waals surface area contributed by atoms with Crippen molar-refractivity contribution in [1.29, 1.82) is 5.26 Å². The van der Waals surface area contributed by atoms with E-state index in [2.05, 4.69) is 6.07 Å². The minimum atomic E-state index is -1.71. The summed E-state index contributed by atoms with van der Waals surface area (Å²) in [6.07, 6.45) is 0.358. The molecule has 2 aliphatic rings. The monoisotopic (exact) mass is 626 g/mol. The van der Waals surface area contributed by atoms with E-state index in [4.69, 9.17) is 33.7 Å². The third kappa shape index (κ3) is 5.01. The van der Waals surface area contributed by atoms with Crippen LogP contribution in [-0.4, -0.2) is 42.6 Å². The van der Waals surface area contributed by atoms with Gasteiger partial charge in [-0.15, -0.1) is 0 Å². The second-order valence-electron chi connectivity index (χ2n) is 12.1. The maximum atomic E-state index is 16.0. The van der Waals surface area contributed by atoms with Crippen molar-refractivity contribution in [3.63, 3.8) is 0 Å². The van der Waals surface area contributed by atoms with Crippen molar-refractivity contribution in [2.24, 2.45) is 11.1 Å². The molecule has 0 bridgehead atoms. The van der Waals surface area contributed by atoms with Crippen molar-refractivity contribution in [2.45, 2.75) is 50.6 Å². The summed E-state index contributed by atoms with van der Waals surface area (Å²) in [6.45, 7) is 5.94. The first kappa shape index (κ1) is 30.7. The number of ether oxygens (including phenoxy) is 1. The van der Waals surface area contributed by atoms with Crippen LogP contribution in [0.25, 0.3) is 0 Å². The molecule has 7 nitrogen and oxygen atoms in total. The van der Waals surface area contributed by atoms with Gasteiger partial charge in [-0.05, 0) is 53.8 Å². The topological polar surface area (TPSA) is 99.7 Å². The Hall–Kier alpha value is -3.71. The van der Waals surface area contributed by atoms with Crippen LogP contribution in [0.3, 0.4) is 0 Å². The molecule has 224 valence electrons. The highest BCUT2D eigenvalue weighted by Crippen LogP contribution is 2.58. The number of hydrogen-bond donors (Lipinski definition) is 1. The molecule has 0 aliphatic carbocycles. The quantitative estimate of drug-likeness (QED) is 0.340. The number of rotatable bonds is 6. The van der Waals surface area contributed by atoms with E-state index in [1.165, 1.54) is 48.4 Å². The van der Waals surface area contributed by atoms with Crippen LogP contribution < -0.4 is 15.4 Å².